The van der Waals surface area contributed by atoms with Crippen molar-refractivity contribution in [1.29, 1.82) is 0 Å². The van der Waals surface area contributed by atoms with Crippen molar-refractivity contribution in [1.82, 2.24) is 5.32 Å². The Bertz CT molecular complexity index is 438. The summed E-state index contributed by atoms with van der Waals surface area (Å²) in [6.07, 6.45) is 3.93. The molecule has 0 unspecified atom stereocenters. The number of halogens is 2. The maximum Gasteiger partial charge on any atom is 0.254 e. The largest absolute Gasteiger partial charge is 0.347 e. The molecule has 1 N–H and O–H groups in total. The molecular weight excluding hydrogens is 241 g/mol. The van der Waals surface area contributed by atoms with Gasteiger partial charge in [-0.25, -0.2) is 4.39 Å². The first-order valence-electron chi connectivity index (χ1n) is 5.84. The lowest BCUT2D eigenvalue weighted by molar-refractivity contribution is 0.0816. The third-order valence-corrected chi connectivity index (χ3v) is 3.77. The molecule has 0 bridgehead atoms. The molecule has 4 heteroatoms. The molecule has 1 aromatic carbocycles. The third kappa shape index (κ3) is 2.44. The molecule has 0 aromatic heterocycles. The molecule has 92 valence electrons. The van der Waals surface area contributed by atoms with Crippen LogP contribution in [0.5, 0.6) is 0 Å². The summed E-state index contributed by atoms with van der Waals surface area (Å²) in [4.78, 5) is 12.0. The zero-order chi connectivity index (χ0) is 12.5. The first kappa shape index (κ1) is 12.4. The SMILES string of the molecule is CCC1(NC(=O)c2cc(Cl)ccc2F)CCC1. The Hall–Kier alpha value is -1.09. The van der Waals surface area contributed by atoms with E-state index in [4.69, 9.17) is 11.6 Å². The lowest BCUT2D eigenvalue weighted by atomic mass is 9.74. The fraction of sp³-hybridized carbons (Fsp3) is 0.462. The maximum atomic E-state index is 13.5. The van der Waals surface area contributed by atoms with Crippen LogP contribution in [0.1, 0.15) is 43.0 Å². The number of amides is 1. The van der Waals surface area contributed by atoms with Gasteiger partial charge in [-0.2, -0.15) is 0 Å². The molecular formula is C13H15ClFNO. The molecule has 2 rings (SSSR count). The topological polar surface area (TPSA) is 29.1 Å². The van der Waals surface area contributed by atoms with E-state index in [9.17, 15) is 9.18 Å². The molecule has 1 amide bonds. The van der Waals surface area contributed by atoms with Gasteiger partial charge < -0.3 is 5.32 Å². The van der Waals surface area contributed by atoms with E-state index in [0.29, 0.717) is 5.02 Å². The van der Waals surface area contributed by atoms with Gasteiger partial charge in [-0.3, -0.25) is 4.79 Å². The lowest BCUT2D eigenvalue weighted by Gasteiger charge is -2.42. The third-order valence-electron chi connectivity index (χ3n) is 3.54. The quantitative estimate of drug-likeness (QED) is 0.879. The predicted molar refractivity (Wildman–Crippen MR) is 65.7 cm³/mol. The molecule has 0 radical (unpaired) electrons. The van der Waals surface area contributed by atoms with Crippen molar-refractivity contribution < 1.29 is 9.18 Å². The standard InChI is InChI=1S/C13H15ClFNO/c1-2-13(6-3-7-13)16-12(17)10-8-9(14)4-5-11(10)15/h4-5,8H,2-3,6-7H2,1H3,(H,16,17). The first-order valence-corrected chi connectivity index (χ1v) is 6.22. The zero-order valence-corrected chi connectivity index (χ0v) is 10.5. The molecule has 0 saturated heterocycles. The number of hydrogen-bond donors (Lipinski definition) is 1. The minimum atomic E-state index is -0.530. The maximum absolute atomic E-state index is 13.5. The second-order valence-electron chi connectivity index (χ2n) is 4.57. The molecule has 1 aliphatic carbocycles. The Morgan fingerprint density at radius 2 is 2.24 bits per heavy atom. The van der Waals surface area contributed by atoms with Gasteiger partial charge in [0.05, 0.1) is 5.56 Å². The van der Waals surface area contributed by atoms with Gasteiger partial charge in [-0.15, -0.1) is 0 Å². The van der Waals surface area contributed by atoms with Crippen LogP contribution in [0.25, 0.3) is 0 Å². The van der Waals surface area contributed by atoms with Gasteiger partial charge in [-0.05, 0) is 43.9 Å². The van der Waals surface area contributed by atoms with Crippen LogP contribution in [-0.2, 0) is 0 Å². The summed E-state index contributed by atoms with van der Waals surface area (Å²) in [5.41, 5.74) is -0.108. The summed E-state index contributed by atoms with van der Waals surface area (Å²) < 4.78 is 13.5. The van der Waals surface area contributed by atoms with Gasteiger partial charge >= 0.3 is 0 Å². The van der Waals surface area contributed by atoms with Crippen molar-refractivity contribution in [3.8, 4) is 0 Å². The van der Waals surface area contributed by atoms with E-state index in [1.807, 2.05) is 6.92 Å². The highest BCUT2D eigenvalue weighted by atomic mass is 35.5. The van der Waals surface area contributed by atoms with Gasteiger partial charge in [0.2, 0.25) is 0 Å². The normalized spacial score (nSPS) is 17.4. The molecule has 0 atom stereocenters. The highest BCUT2D eigenvalue weighted by Gasteiger charge is 2.36. The highest BCUT2D eigenvalue weighted by molar-refractivity contribution is 6.31. The van der Waals surface area contributed by atoms with Crippen LogP contribution in [0.4, 0.5) is 4.39 Å². The van der Waals surface area contributed by atoms with E-state index in [-0.39, 0.29) is 17.0 Å². The van der Waals surface area contributed by atoms with Gasteiger partial charge in [0, 0.05) is 10.6 Å². The Morgan fingerprint density at radius 1 is 1.53 bits per heavy atom. The van der Waals surface area contributed by atoms with Crippen LogP contribution >= 0.6 is 11.6 Å². The number of carbonyl (C=O) groups is 1. The van der Waals surface area contributed by atoms with Crippen molar-refractivity contribution >= 4 is 17.5 Å². The summed E-state index contributed by atoms with van der Waals surface area (Å²) in [5.74, 6) is -0.899. The number of hydrogen-bond acceptors (Lipinski definition) is 1. The molecule has 2 nitrogen and oxygen atoms in total. The van der Waals surface area contributed by atoms with Crippen molar-refractivity contribution in [2.24, 2.45) is 0 Å². The number of benzene rings is 1. The van der Waals surface area contributed by atoms with Crippen LogP contribution in [0.3, 0.4) is 0 Å². The van der Waals surface area contributed by atoms with Gasteiger partial charge in [0.1, 0.15) is 5.82 Å². The van der Waals surface area contributed by atoms with Gasteiger partial charge in [-0.1, -0.05) is 18.5 Å². The van der Waals surface area contributed by atoms with E-state index in [1.165, 1.54) is 18.2 Å². The summed E-state index contributed by atoms with van der Waals surface area (Å²) in [5, 5.41) is 3.30. The van der Waals surface area contributed by atoms with Gasteiger partial charge in [0.25, 0.3) is 5.91 Å². The van der Waals surface area contributed by atoms with Crippen LogP contribution in [0, 0.1) is 5.82 Å². The molecule has 1 saturated carbocycles. The molecule has 17 heavy (non-hydrogen) atoms. The van der Waals surface area contributed by atoms with E-state index in [2.05, 4.69) is 5.32 Å². The lowest BCUT2D eigenvalue weighted by Crippen LogP contribution is -2.53. The number of nitrogens with one attached hydrogen (secondary N) is 1. The predicted octanol–water partition coefficient (Wildman–Crippen LogP) is 3.54. The van der Waals surface area contributed by atoms with Crippen LogP contribution < -0.4 is 5.32 Å². The smallest absolute Gasteiger partial charge is 0.254 e. The Kier molecular flexibility index (Phi) is 3.38. The van der Waals surface area contributed by atoms with E-state index < -0.39 is 5.82 Å². The summed E-state index contributed by atoms with van der Waals surface area (Å²) in [6.45, 7) is 2.04. The molecule has 0 aliphatic heterocycles. The minimum absolute atomic E-state index is 0.0252. The van der Waals surface area contributed by atoms with Crippen molar-refractivity contribution in [2.45, 2.75) is 38.1 Å². The van der Waals surface area contributed by atoms with E-state index in [1.54, 1.807) is 0 Å². The minimum Gasteiger partial charge on any atom is -0.347 e. The number of rotatable bonds is 3. The summed E-state index contributed by atoms with van der Waals surface area (Å²) in [6, 6.07) is 4.03. The van der Waals surface area contributed by atoms with Crippen molar-refractivity contribution in [3.05, 3.63) is 34.6 Å². The second kappa shape index (κ2) is 4.65. The van der Waals surface area contributed by atoms with Crippen LogP contribution in [0.2, 0.25) is 5.02 Å². The fourth-order valence-electron chi connectivity index (χ4n) is 2.15. The van der Waals surface area contributed by atoms with Crippen LogP contribution in [-0.4, -0.2) is 11.4 Å². The average Bonchev–Trinajstić information content (AvgIpc) is 2.26. The summed E-state index contributed by atoms with van der Waals surface area (Å²) in [7, 11) is 0. The molecule has 1 aromatic rings. The molecule has 0 spiro atoms. The zero-order valence-electron chi connectivity index (χ0n) is 9.72. The molecule has 0 heterocycles. The second-order valence-corrected chi connectivity index (χ2v) is 5.00. The fourth-order valence-corrected chi connectivity index (χ4v) is 2.32. The van der Waals surface area contributed by atoms with Crippen molar-refractivity contribution in [3.63, 3.8) is 0 Å². The summed E-state index contributed by atoms with van der Waals surface area (Å²) >= 11 is 5.77. The Balaban J connectivity index is 2.17. The van der Waals surface area contributed by atoms with Crippen LogP contribution in [0.15, 0.2) is 18.2 Å². The first-order chi connectivity index (χ1) is 8.06. The van der Waals surface area contributed by atoms with Crippen molar-refractivity contribution in [2.75, 3.05) is 0 Å². The Labute approximate surface area is 105 Å². The molecule has 1 aliphatic rings. The average molecular weight is 256 g/mol. The van der Waals surface area contributed by atoms with E-state index in [0.717, 1.165) is 25.7 Å². The van der Waals surface area contributed by atoms with E-state index >= 15 is 0 Å². The Morgan fingerprint density at radius 3 is 2.76 bits per heavy atom. The molecule has 1 fully saturated rings. The highest BCUT2D eigenvalue weighted by Crippen LogP contribution is 2.35. The van der Waals surface area contributed by atoms with Gasteiger partial charge in [0.15, 0.2) is 0 Å². The monoisotopic (exact) mass is 255 g/mol. The number of carbonyl (C=O) groups excluding carboxylic acids is 1.